The van der Waals surface area contributed by atoms with Crippen molar-refractivity contribution in [2.24, 2.45) is 17.8 Å². The highest BCUT2D eigenvalue weighted by molar-refractivity contribution is 4.83. The van der Waals surface area contributed by atoms with E-state index in [1.807, 2.05) is 0 Å². The molecule has 0 aromatic heterocycles. The van der Waals surface area contributed by atoms with Crippen LogP contribution in [0.25, 0.3) is 0 Å². The van der Waals surface area contributed by atoms with Gasteiger partial charge in [0.15, 0.2) is 0 Å². The third-order valence-corrected chi connectivity index (χ3v) is 3.83. The highest BCUT2D eigenvalue weighted by atomic mass is 14.8. The van der Waals surface area contributed by atoms with Gasteiger partial charge in [-0.3, -0.25) is 0 Å². The molecule has 0 saturated heterocycles. The standard InChI is InChI=1S/C12H25N/c1-4-10(5-2)8-11-6-7-12(11)9-13-3/h10-13H,4-9H2,1-3H3. The van der Waals surface area contributed by atoms with Crippen LogP contribution in [0.15, 0.2) is 0 Å². The van der Waals surface area contributed by atoms with Crippen LogP contribution in [0, 0.1) is 17.8 Å². The minimum Gasteiger partial charge on any atom is -0.319 e. The summed E-state index contributed by atoms with van der Waals surface area (Å²) >= 11 is 0. The summed E-state index contributed by atoms with van der Waals surface area (Å²) in [7, 11) is 2.08. The maximum atomic E-state index is 3.31. The van der Waals surface area contributed by atoms with Gasteiger partial charge in [0.05, 0.1) is 0 Å². The Morgan fingerprint density at radius 2 is 1.77 bits per heavy atom. The third kappa shape index (κ3) is 2.98. The molecule has 0 aliphatic heterocycles. The van der Waals surface area contributed by atoms with Gasteiger partial charge < -0.3 is 5.32 Å². The summed E-state index contributed by atoms with van der Waals surface area (Å²) in [5, 5.41) is 3.31. The van der Waals surface area contributed by atoms with Crippen molar-refractivity contribution in [3.05, 3.63) is 0 Å². The molecule has 0 radical (unpaired) electrons. The Kier molecular flexibility index (Phi) is 4.79. The van der Waals surface area contributed by atoms with Crippen LogP contribution in [0.3, 0.4) is 0 Å². The quantitative estimate of drug-likeness (QED) is 0.667. The molecule has 1 aliphatic carbocycles. The molecule has 1 fully saturated rings. The summed E-state index contributed by atoms with van der Waals surface area (Å²) in [5.74, 6) is 3.02. The summed E-state index contributed by atoms with van der Waals surface area (Å²) in [4.78, 5) is 0. The molecule has 0 aromatic rings. The fourth-order valence-electron chi connectivity index (χ4n) is 2.53. The van der Waals surface area contributed by atoms with Gasteiger partial charge in [0.2, 0.25) is 0 Å². The fraction of sp³-hybridized carbons (Fsp3) is 1.00. The summed E-state index contributed by atoms with van der Waals surface area (Å²) in [6.45, 7) is 5.91. The van der Waals surface area contributed by atoms with Crippen LogP contribution in [-0.4, -0.2) is 13.6 Å². The zero-order valence-electron chi connectivity index (χ0n) is 9.47. The van der Waals surface area contributed by atoms with E-state index in [1.165, 1.54) is 38.6 Å². The molecule has 13 heavy (non-hydrogen) atoms. The Balaban J connectivity index is 2.20. The molecule has 2 atom stereocenters. The minimum absolute atomic E-state index is 0.990. The molecule has 1 saturated carbocycles. The van der Waals surface area contributed by atoms with Crippen molar-refractivity contribution in [1.29, 1.82) is 0 Å². The van der Waals surface area contributed by atoms with Crippen molar-refractivity contribution in [3.63, 3.8) is 0 Å². The van der Waals surface area contributed by atoms with Crippen LogP contribution in [0.1, 0.15) is 46.0 Å². The molecule has 0 bridgehead atoms. The van der Waals surface area contributed by atoms with Crippen molar-refractivity contribution in [2.75, 3.05) is 13.6 Å². The lowest BCUT2D eigenvalue weighted by molar-refractivity contribution is 0.137. The molecule has 1 rings (SSSR count). The summed E-state index contributed by atoms with van der Waals surface area (Å²) in [6, 6.07) is 0. The van der Waals surface area contributed by atoms with Crippen LogP contribution in [0.4, 0.5) is 0 Å². The van der Waals surface area contributed by atoms with Crippen molar-refractivity contribution in [1.82, 2.24) is 5.32 Å². The molecular weight excluding hydrogens is 158 g/mol. The van der Waals surface area contributed by atoms with E-state index in [9.17, 15) is 0 Å². The average molecular weight is 183 g/mol. The summed E-state index contributed by atoms with van der Waals surface area (Å²) in [6.07, 6.45) is 7.19. The second-order valence-electron chi connectivity index (χ2n) is 4.57. The Morgan fingerprint density at radius 3 is 2.15 bits per heavy atom. The van der Waals surface area contributed by atoms with Crippen molar-refractivity contribution < 1.29 is 0 Å². The van der Waals surface area contributed by atoms with Gasteiger partial charge in [0, 0.05) is 0 Å². The third-order valence-electron chi connectivity index (χ3n) is 3.83. The van der Waals surface area contributed by atoms with Gasteiger partial charge in [-0.1, -0.05) is 26.7 Å². The monoisotopic (exact) mass is 183 g/mol. The van der Waals surface area contributed by atoms with Gasteiger partial charge in [0.1, 0.15) is 0 Å². The molecule has 2 unspecified atom stereocenters. The topological polar surface area (TPSA) is 12.0 Å². The Hall–Kier alpha value is -0.0400. The average Bonchev–Trinajstić information content (AvgIpc) is 2.14. The Labute approximate surface area is 83.3 Å². The smallest absolute Gasteiger partial charge is 0.00209 e. The van der Waals surface area contributed by atoms with E-state index < -0.39 is 0 Å². The lowest BCUT2D eigenvalue weighted by atomic mass is 9.69. The molecule has 0 heterocycles. The molecule has 78 valence electrons. The SMILES string of the molecule is CCC(CC)CC1CCC1CNC. The number of rotatable bonds is 6. The second-order valence-corrected chi connectivity index (χ2v) is 4.57. The summed E-state index contributed by atoms with van der Waals surface area (Å²) in [5.41, 5.74) is 0. The van der Waals surface area contributed by atoms with Gasteiger partial charge >= 0.3 is 0 Å². The van der Waals surface area contributed by atoms with Gasteiger partial charge in [-0.05, 0) is 50.6 Å². The van der Waals surface area contributed by atoms with Gasteiger partial charge in [-0.15, -0.1) is 0 Å². The van der Waals surface area contributed by atoms with Gasteiger partial charge in [0.25, 0.3) is 0 Å². The van der Waals surface area contributed by atoms with Crippen molar-refractivity contribution >= 4 is 0 Å². The predicted octanol–water partition coefficient (Wildman–Crippen LogP) is 3.06. The van der Waals surface area contributed by atoms with E-state index in [2.05, 4.69) is 26.2 Å². The largest absolute Gasteiger partial charge is 0.319 e. The molecule has 1 aliphatic rings. The first-order valence-electron chi connectivity index (χ1n) is 5.96. The first kappa shape index (κ1) is 11.0. The van der Waals surface area contributed by atoms with E-state index >= 15 is 0 Å². The maximum absolute atomic E-state index is 3.31. The fourth-order valence-corrected chi connectivity index (χ4v) is 2.53. The van der Waals surface area contributed by atoms with E-state index in [4.69, 9.17) is 0 Å². The highest BCUT2D eigenvalue weighted by Gasteiger charge is 2.30. The maximum Gasteiger partial charge on any atom is -0.00209 e. The predicted molar refractivity (Wildman–Crippen MR) is 58.8 cm³/mol. The Morgan fingerprint density at radius 1 is 1.15 bits per heavy atom. The van der Waals surface area contributed by atoms with Crippen LogP contribution < -0.4 is 5.32 Å². The van der Waals surface area contributed by atoms with Crippen LogP contribution >= 0.6 is 0 Å². The lowest BCUT2D eigenvalue weighted by Crippen LogP contribution is -2.34. The molecule has 1 nitrogen and oxygen atoms in total. The normalized spacial score (nSPS) is 27.7. The number of hydrogen-bond acceptors (Lipinski definition) is 1. The van der Waals surface area contributed by atoms with E-state index in [1.54, 1.807) is 0 Å². The molecule has 1 heteroatoms. The minimum atomic E-state index is 0.990. The van der Waals surface area contributed by atoms with E-state index in [0.29, 0.717) is 0 Å². The highest BCUT2D eigenvalue weighted by Crippen LogP contribution is 2.39. The van der Waals surface area contributed by atoms with E-state index in [0.717, 1.165) is 17.8 Å². The molecule has 0 amide bonds. The summed E-state index contributed by atoms with van der Waals surface area (Å²) < 4.78 is 0. The first-order valence-corrected chi connectivity index (χ1v) is 5.96. The number of hydrogen-bond donors (Lipinski definition) is 1. The van der Waals surface area contributed by atoms with Gasteiger partial charge in [-0.25, -0.2) is 0 Å². The van der Waals surface area contributed by atoms with E-state index in [-0.39, 0.29) is 0 Å². The molecular formula is C12H25N. The molecule has 1 N–H and O–H groups in total. The van der Waals surface area contributed by atoms with Crippen LogP contribution in [0.5, 0.6) is 0 Å². The Bertz CT molecular complexity index is 129. The first-order chi connectivity index (χ1) is 6.31. The van der Waals surface area contributed by atoms with Crippen LogP contribution in [-0.2, 0) is 0 Å². The van der Waals surface area contributed by atoms with Crippen LogP contribution in [0.2, 0.25) is 0 Å². The molecule has 0 spiro atoms. The second kappa shape index (κ2) is 5.64. The zero-order valence-corrected chi connectivity index (χ0v) is 9.47. The van der Waals surface area contributed by atoms with Crippen molar-refractivity contribution in [2.45, 2.75) is 46.0 Å². The number of nitrogens with one attached hydrogen (secondary N) is 1. The molecule has 0 aromatic carbocycles. The van der Waals surface area contributed by atoms with Crippen molar-refractivity contribution in [3.8, 4) is 0 Å². The van der Waals surface area contributed by atoms with Gasteiger partial charge in [-0.2, -0.15) is 0 Å². The lowest BCUT2D eigenvalue weighted by Gasteiger charge is -2.38. The zero-order chi connectivity index (χ0) is 9.68.